The van der Waals surface area contributed by atoms with Crippen molar-refractivity contribution in [3.05, 3.63) is 22.8 Å². The van der Waals surface area contributed by atoms with Crippen molar-refractivity contribution >= 4 is 17.4 Å². The van der Waals surface area contributed by atoms with Crippen LogP contribution in [-0.4, -0.2) is 43.1 Å². The predicted octanol–water partition coefficient (Wildman–Crippen LogP) is 1.99. The Hall–Kier alpha value is -1.31. The fourth-order valence-electron chi connectivity index (χ4n) is 2.53. The average molecular weight is 265 g/mol. The van der Waals surface area contributed by atoms with Crippen LogP contribution in [0, 0.1) is 17.2 Å². The summed E-state index contributed by atoms with van der Waals surface area (Å²) in [7, 11) is 4.18. The van der Waals surface area contributed by atoms with E-state index in [-0.39, 0.29) is 0 Å². The molecule has 18 heavy (non-hydrogen) atoms. The fourth-order valence-corrected chi connectivity index (χ4v) is 2.81. The highest BCUT2D eigenvalue weighted by Gasteiger charge is 2.32. The van der Waals surface area contributed by atoms with E-state index >= 15 is 0 Å². The van der Waals surface area contributed by atoms with E-state index in [1.165, 1.54) is 0 Å². The van der Waals surface area contributed by atoms with E-state index in [1.807, 2.05) is 0 Å². The van der Waals surface area contributed by atoms with E-state index in [9.17, 15) is 0 Å². The van der Waals surface area contributed by atoms with E-state index in [4.69, 9.17) is 16.9 Å². The summed E-state index contributed by atoms with van der Waals surface area (Å²) in [6.45, 7) is 4.05. The van der Waals surface area contributed by atoms with Crippen molar-refractivity contribution in [3.8, 4) is 6.07 Å². The maximum Gasteiger partial charge on any atom is 0.148 e. The van der Waals surface area contributed by atoms with Crippen molar-refractivity contribution < 1.29 is 0 Å². The molecule has 4 nitrogen and oxygen atoms in total. The minimum absolute atomic E-state index is 0.464. The molecule has 2 unspecified atom stereocenters. The molecule has 1 aromatic heterocycles. The summed E-state index contributed by atoms with van der Waals surface area (Å²) >= 11 is 6.22. The molecule has 1 fully saturated rings. The van der Waals surface area contributed by atoms with Gasteiger partial charge in [-0.1, -0.05) is 18.5 Å². The summed E-state index contributed by atoms with van der Waals surface area (Å²) in [6, 6.07) is 4.24. The van der Waals surface area contributed by atoms with Gasteiger partial charge in [-0.3, -0.25) is 0 Å². The topological polar surface area (TPSA) is 43.2 Å². The van der Waals surface area contributed by atoms with Gasteiger partial charge in [-0.15, -0.1) is 0 Å². The van der Waals surface area contributed by atoms with Crippen LogP contribution < -0.4 is 4.90 Å². The van der Waals surface area contributed by atoms with E-state index in [0.717, 1.165) is 18.9 Å². The standard InChI is InChI=1S/C13H17ClN4/c1-9-7-18(8-11(9)17(2)3)13-12(14)10(6-15)4-5-16-13/h4-5,9,11H,7-8H2,1-3H3. The third-order valence-electron chi connectivity index (χ3n) is 3.53. The largest absolute Gasteiger partial charge is 0.353 e. The summed E-state index contributed by atoms with van der Waals surface area (Å²) in [4.78, 5) is 8.72. The van der Waals surface area contributed by atoms with Crippen LogP contribution in [0.4, 0.5) is 5.82 Å². The summed E-state index contributed by atoms with van der Waals surface area (Å²) in [5, 5.41) is 9.45. The second-order valence-electron chi connectivity index (χ2n) is 5.02. The Balaban J connectivity index is 2.27. The third-order valence-corrected chi connectivity index (χ3v) is 3.90. The van der Waals surface area contributed by atoms with Crippen LogP contribution >= 0.6 is 11.6 Å². The Morgan fingerprint density at radius 3 is 2.78 bits per heavy atom. The summed E-state index contributed by atoms with van der Waals surface area (Å²) in [5.41, 5.74) is 0.489. The lowest BCUT2D eigenvalue weighted by molar-refractivity contribution is 0.266. The Bertz CT molecular complexity index is 480. The van der Waals surface area contributed by atoms with E-state index < -0.39 is 0 Å². The molecule has 0 radical (unpaired) electrons. The van der Waals surface area contributed by atoms with Crippen LogP contribution in [0.2, 0.25) is 5.02 Å². The smallest absolute Gasteiger partial charge is 0.148 e. The Kier molecular flexibility index (Phi) is 3.74. The van der Waals surface area contributed by atoms with Crippen LogP contribution in [0.5, 0.6) is 0 Å². The van der Waals surface area contributed by atoms with Gasteiger partial charge in [0.2, 0.25) is 0 Å². The number of rotatable bonds is 2. The van der Waals surface area contributed by atoms with Gasteiger partial charge in [0.25, 0.3) is 0 Å². The fraction of sp³-hybridized carbons (Fsp3) is 0.538. The highest BCUT2D eigenvalue weighted by atomic mass is 35.5. The zero-order valence-electron chi connectivity index (χ0n) is 10.9. The third kappa shape index (κ3) is 2.29. The van der Waals surface area contributed by atoms with Gasteiger partial charge in [-0.2, -0.15) is 5.26 Å². The maximum atomic E-state index is 8.99. The number of aromatic nitrogens is 1. The van der Waals surface area contributed by atoms with Gasteiger partial charge < -0.3 is 9.80 Å². The molecule has 0 aliphatic carbocycles. The molecular formula is C13H17ClN4. The summed E-state index contributed by atoms with van der Waals surface area (Å²) < 4.78 is 0. The van der Waals surface area contributed by atoms with Gasteiger partial charge in [0.15, 0.2) is 0 Å². The average Bonchev–Trinajstić information content (AvgIpc) is 2.71. The molecule has 5 heteroatoms. The van der Waals surface area contributed by atoms with Crippen LogP contribution in [0.3, 0.4) is 0 Å². The molecule has 0 N–H and O–H groups in total. The van der Waals surface area contributed by atoms with Gasteiger partial charge in [-0.05, 0) is 26.1 Å². The minimum atomic E-state index is 0.464. The molecule has 0 bridgehead atoms. The number of anilines is 1. The number of pyridine rings is 1. The van der Waals surface area contributed by atoms with E-state index in [0.29, 0.717) is 22.5 Å². The van der Waals surface area contributed by atoms with Gasteiger partial charge in [0, 0.05) is 25.3 Å². The minimum Gasteiger partial charge on any atom is -0.353 e. The number of likely N-dealkylation sites (N-methyl/N-ethyl adjacent to an activating group) is 1. The molecule has 2 rings (SSSR count). The number of hydrogen-bond acceptors (Lipinski definition) is 4. The lowest BCUT2D eigenvalue weighted by atomic mass is 10.1. The lowest BCUT2D eigenvalue weighted by Gasteiger charge is -2.23. The zero-order valence-corrected chi connectivity index (χ0v) is 11.6. The molecule has 0 aromatic carbocycles. The highest BCUT2D eigenvalue weighted by molar-refractivity contribution is 6.34. The highest BCUT2D eigenvalue weighted by Crippen LogP contribution is 2.31. The number of nitrogens with zero attached hydrogens (tertiary/aromatic N) is 4. The second kappa shape index (κ2) is 5.13. The van der Waals surface area contributed by atoms with Gasteiger partial charge >= 0.3 is 0 Å². The summed E-state index contributed by atoms with van der Waals surface area (Å²) in [5.74, 6) is 1.29. The van der Waals surface area contributed by atoms with Gasteiger partial charge in [0.1, 0.15) is 16.9 Å². The molecule has 1 aliphatic heterocycles. The second-order valence-corrected chi connectivity index (χ2v) is 5.40. The predicted molar refractivity (Wildman–Crippen MR) is 72.8 cm³/mol. The number of halogens is 1. The molecule has 0 spiro atoms. The molecule has 1 saturated heterocycles. The lowest BCUT2D eigenvalue weighted by Crippen LogP contribution is -2.34. The normalized spacial score (nSPS) is 23.4. The molecule has 0 amide bonds. The van der Waals surface area contributed by atoms with Crippen molar-refractivity contribution in [1.29, 1.82) is 5.26 Å². The van der Waals surface area contributed by atoms with E-state index in [1.54, 1.807) is 12.3 Å². The van der Waals surface area contributed by atoms with Gasteiger partial charge in [-0.25, -0.2) is 4.98 Å². The Morgan fingerprint density at radius 1 is 1.50 bits per heavy atom. The van der Waals surface area contributed by atoms with Crippen LogP contribution in [0.1, 0.15) is 12.5 Å². The van der Waals surface area contributed by atoms with Crippen molar-refractivity contribution in [2.24, 2.45) is 5.92 Å². The monoisotopic (exact) mass is 264 g/mol. The first kappa shape index (κ1) is 13.1. The first-order valence-corrected chi connectivity index (χ1v) is 6.38. The van der Waals surface area contributed by atoms with Crippen LogP contribution in [0.25, 0.3) is 0 Å². The van der Waals surface area contributed by atoms with Crippen molar-refractivity contribution in [2.75, 3.05) is 32.1 Å². The van der Waals surface area contributed by atoms with E-state index in [2.05, 4.69) is 41.9 Å². The summed E-state index contributed by atoms with van der Waals surface area (Å²) in [6.07, 6.45) is 1.65. The molecule has 1 aliphatic rings. The van der Waals surface area contributed by atoms with Crippen molar-refractivity contribution in [3.63, 3.8) is 0 Å². The molecule has 96 valence electrons. The first-order valence-electron chi connectivity index (χ1n) is 6.00. The Labute approximate surface area is 113 Å². The molecule has 2 heterocycles. The molecular weight excluding hydrogens is 248 g/mol. The van der Waals surface area contributed by atoms with Gasteiger partial charge in [0.05, 0.1) is 5.56 Å². The van der Waals surface area contributed by atoms with Crippen molar-refractivity contribution in [1.82, 2.24) is 9.88 Å². The number of hydrogen-bond donors (Lipinski definition) is 0. The molecule has 0 saturated carbocycles. The number of nitriles is 1. The first-order chi connectivity index (χ1) is 8.54. The molecule has 2 atom stereocenters. The Morgan fingerprint density at radius 2 is 2.22 bits per heavy atom. The van der Waals surface area contributed by atoms with Crippen LogP contribution in [-0.2, 0) is 0 Å². The van der Waals surface area contributed by atoms with Crippen LogP contribution in [0.15, 0.2) is 12.3 Å². The van der Waals surface area contributed by atoms with Crippen molar-refractivity contribution in [2.45, 2.75) is 13.0 Å². The SMILES string of the molecule is CC1CN(c2nccc(C#N)c2Cl)CC1N(C)C. The maximum absolute atomic E-state index is 8.99. The quantitative estimate of drug-likeness (QED) is 0.819. The molecule has 1 aromatic rings. The zero-order chi connectivity index (χ0) is 13.3.